The monoisotopic (exact) mass is 314 g/mol. The van der Waals surface area contributed by atoms with E-state index in [0.29, 0.717) is 0 Å². The second kappa shape index (κ2) is 5.54. The summed E-state index contributed by atoms with van der Waals surface area (Å²) in [5.74, 6) is -2.80. The summed E-state index contributed by atoms with van der Waals surface area (Å²) in [6, 6.07) is 2.62. The Morgan fingerprint density at radius 2 is 1.82 bits per heavy atom. The Morgan fingerprint density at radius 1 is 1.18 bits per heavy atom. The molecule has 0 aromatic carbocycles. The van der Waals surface area contributed by atoms with Gasteiger partial charge in [0, 0.05) is 25.6 Å². The molecular formula is C12H9F3N4O3. The number of aromatic nitrogens is 3. The van der Waals surface area contributed by atoms with Crippen molar-refractivity contribution in [1.29, 1.82) is 0 Å². The summed E-state index contributed by atoms with van der Waals surface area (Å²) in [5, 5.41) is 3.20. The van der Waals surface area contributed by atoms with Crippen molar-refractivity contribution in [2.45, 2.75) is 20.0 Å². The van der Waals surface area contributed by atoms with Gasteiger partial charge >= 0.3 is 12.1 Å². The third-order valence-corrected chi connectivity index (χ3v) is 2.53. The first-order valence-corrected chi connectivity index (χ1v) is 5.88. The molecule has 0 saturated carbocycles. The van der Waals surface area contributed by atoms with Crippen LogP contribution in [0, 0.1) is 0 Å². The van der Waals surface area contributed by atoms with E-state index in [1.54, 1.807) is 0 Å². The minimum atomic E-state index is -4.74. The normalized spacial score (nSPS) is 11.3. The van der Waals surface area contributed by atoms with Crippen molar-refractivity contribution in [3.8, 4) is 11.4 Å². The van der Waals surface area contributed by atoms with Crippen LogP contribution in [-0.2, 0) is 15.8 Å². The number of alkyl halides is 3. The third-order valence-electron chi connectivity index (χ3n) is 2.53. The van der Waals surface area contributed by atoms with Crippen molar-refractivity contribution < 1.29 is 27.3 Å². The highest BCUT2D eigenvalue weighted by Gasteiger charge is 2.38. The fourth-order valence-corrected chi connectivity index (χ4v) is 1.65. The molecule has 2 aromatic heterocycles. The van der Waals surface area contributed by atoms with Gasteiger partial charge in [-0.15, -0.1) is 0 Å². The summed E-state index contributed by atoms with van der Waals surface area (Å²) in [6.07, 6.45) is -3.60. The Morgan fingerprint density at radius 3 is 2.23 bits per heavy atom. The van der Waals surface area contributed by atoms with E-state index in [2.05, 4.69) is 19.6 Å². The average Bonchev–Trinajstić information content (AvgIpc) is 2.88. The average molecular weight is 314 g/mol. The number of anilines is 1. The van der Waals surface area contributed by atoms with Crippen LogP contribution in [0.4, 0.5) is 19.0 Å². The van der Waals surface area contributed by atoms with Gasteiger partial charge in [0.1, 0.15) is 5.82 Å². The summed E-state index contributed by atoms with van der Waals surface area (Å²) in [5.41, 5.74) is 0.148. The van der Waals surface area contributed by atoms with Gasteiger partial charge < -0.3 is 4.52 Å². The van der Waals surface area contributed by atoms with Crippen molar-refractivity contribution in [1.82, 2.24) is 15.1 Å². The van der Waals surface area contributed by atoms with Crippen LogP contribution in [-0.4, -0.2) is 26.9 Å². The van der Waals surface area contributed by atoms with E-state index in [1.807, 2.05) is 0 Å². The molecule has 0 unspecified atom stereocenters. The van der Waals surface area contributed by atoms with Gasteiger partial charge in [-0.25, -0.2) is 9.88 Å². The Balaban J connectivity index is 2.31. The molecule has 2 rings (SSSR count). The number of carbonyl (C=O) groups excluding carboxylic acids is 2. The highest BCUT2D eigenvalue weighted by molar-refractivity contribution is 6.12. The van der Waals surface area contributed by atoms with E-state index in [9.17, 15) is 22.8 Å². The molecule has 0 saturated heterocycles. The van der Waals surface area contributed by atoms with Crippen LogP contribution < -0.4 is 4.90 Å². The second-order valence-electron chi connectivity index (χ2n) is 4.20. The van der Waals surface area contributed by atoms with Crippen LogP contribution in [0.2, 0.25) is 0 Å². The number of imide groups is 1. The zero-order chi connectivity index (χ0) is 16.5. The van der Waals surface area contributed by atoms with Crippen molar-refractivity contribution in [2.24, 2.45) is 0 Å². The molecule has 22 heavy (non-hydrogen) atoms. The van der Waals surface area contributed by atoms with Crippen molar-refractivity contribution in [2.75, 3.05) is 4.90 Å². The number of rotatable bonds is 2. The largest absolute Gasteiger partial charge is 0.471 e. The first-order valence-electron chi connectivity index (χ1n) is 5.88. The molecular weight excluding hydrogens is 305 g/mol. The summed E-state index contributed by atoms with van der Waals surface area (Å²) < 4.78 is 41.2. The summed E-state index contributed by atoms with van der Waals surface area (Å²) in [4.78, 5) is 30.6. The second-order valence-corrected chi connectivity index (χ2v) is 4.20. The highest BCUT2D eigenvalue weighted by atomic mass is 19.4. The molecule has 0 fully saturated rings. The van der Waals surface area contributed by atoms with Crippen LogP contribution >= 0.6 is 0 Å². The van der Waals surface area contributed by atoms with E-state index in [1.165, 1.54) is 26.0 Å². The molecule has 2 aromatic rings. The van der Waals surface area contributed by atoms with Gasteiger partial charge in [-0.05, 0) is 12.1 Å². The Labute approximate surface area is 121 Å². The summed E-state index contributed by atoms with van der Waals surface area (Å²) >= 11 is 0. The number of hydrogen-bond acceptors (Lipinski definition) is 6. The van der Waals surface area contributed by atoms with Crippen molar-refractivity contribution in [3.05, 3.63) is 24.2 Å². The number of carbonyl (C=O) groups is 2. The summed E-state index contributed by atoms with van der Waals surface area (Å²) in [7, 11) is 0. The Hall–Kier alpha value is -2.78. The molecule has 0 radical (unpaired) electrons. The molecule has 116 valence electrons. The molecule has 0 aliphatic heterocycles. The van der Waals surface area contributed by atoms with E-state index in [4.69, 9.17) is 0 Å². The lowest BCUT2D eigenvalue weighted by Crippen LogP contribution is -2.33. The van der Waals surface area contributed by atoms with E-state index in [0.717, 1.165) is 11.1 Å². The number of nitrogens with zero attached hydrogens (tertiary/aromatic N) is 4. The predicted molar refractivity (Wildman–Crippen MR) is 66.4 cm³/mol. The topological polar surface area (TPSA) is 89.2 Å². The number of pyridine rings is 1. The molecule has 0 bridgehead atoms. The fraction of sp³-hybridized carbons (Fsp3) is 0.250. The molecule has 0 spiro atoms. The van der Waals surface area contributed by atoms with Crippen LogP contribution in [0.25, 0.3) is 11.4 Å². The van der Waals surface area contributed by atoms with Crippen LogP contribution in [0.3, 0.4) is 0 Å². The quantitative estimate of drug-likeness (QED) is 0.843. The molecule has 0 atom stereocenters. The lowest BCUT2D eigenvalue weighted by molar-refractivity contribution is -0.159. The standard InChI is InChI=1S/C12H9F3N4O3/c1-6(20)19(7(2)21)9-4-3-8(5-16-9)10-17-11(22-18-10)12(13,14)15/h3-5H,1-2H3. The first-order chi connectivity index (χ1) is 10.2. The Bertz CT molecular complexity index is 695. The van der Waals surface area contributed by atoms with Gasteiger partial charge in [0.2, 0.25) is 17.6 Å². The fourth-order valence-electron chi connectivity index (χ4n) is 1.65. The van der Waals surface area contributed by atoms with Crippen LogP contribution in [0.1, 0.15) is 19.7 Å². The lowest BCUT2D eigenvalue weighted by Gasteiger charge is -2.15. The van der Waals surface area contributed by atoms with Gasteiger partial charge in [-0.2, -0.15) is 18.2 Å². The third kappa shape index (κ3) is 3.10. The highest BCUT2D eigenvalue weighted by Crippen LogP contribution is 2.29. The zero-order valence-corrected chi connectivity index (χ0v) is 11.4. The van der Waals surface area contributed by atoms with Crippen molar-refractivity contribution in [3.63, 3.8) is 0 Å². The maximum Gasteiger partial charge on any atom is 0.471 e. The maximum absolute atomic E-state index is 12.4. The van der Waals surface area contributed by atoms with Gasteiger partial charge in [0.15, 0.2) is 0 Å². The van der Waals surface area contributed by atoms with E-state index in [-0.39, 0.29) is 17.2 Å². The number of hydrogen-bond donors (Lipinski definition) is 0. The van der Waals surface area contributed by atoms with Gasteiger partial charge in [0.05, 0.1) is 0 Å². The lowest BCUT2D eigenvalue weighted by atomic mass is 10.2. The number of halogens is 3. The van der Waals surface area contributed by atoms with E-state index >= 15 is 0 Å². The SMILES string of the molecule is CC(=O)N(C(C)=O)c1ccc(-c2noc(C(F)(F)F)n2)cn1. The number of amides is 2. The van der Waals surface area contributed by atoms with Gasteiger partial charge in [-0.1, -0.05) is 5.16 Å². The minimum Gasteiger partial charge on any atom is -0.329 e. The molecule has 10 heteroatoms. The van der Waals surface area contributed by atoms with Gasteiger partial charge in [-0.3, -0.25) is 9.59 Å². The van der Waals surface area contributed by atoms with Gasteiger partial charge in [0.25, 0.3) is 0 Å². The smallest absolute Gasteiger partial charge is 0.329 e. The molecule has 2 heterocycles. The minimum absolute atomic E-state index is 0.0447. The Kier molecular flexibility index (Phi) is 3.93. The first kappa shape index (κ1) is 15.6. The maximum atomic E-state index is 12.4. The molecule has 0 N–H and O–H groups in total. The summed E-state index contributed by atoms with van der Waals surface area (Å²) in [6.45, 7) is 2.37. The molecule has 7 nitrogen and oxygen atoms in total. The molecule has 2 amide bonds. The molecule has 0 aliphatic carbocycles. The van der Waals surface area contributed by atoms with E-state index < -0.39 is 23.9 Å². The molecule has 0 aliphatic rings. The predicted octanol–water partition coefficient (Wildman–Crippen LogP) is 2.05. The zero-order valence-electron chi connectivity index (χ0n) is 11.4. The van der Waals surface area contributed by atoms with Crippen LogP contribution in [0.5, 0.6) is 0 Å². The van der Waals surface area contributed by atoms with Crippen molar-refractivity contribution >= 4 is 17.6 Å². The van der Waals surface area contributed by atoms with Crippen LogP contribution in [0.15, 0.2) is 22.9 Å².